The summed E-state index contributed by atoms with van der Waals surface area (Å²) in [5.41, 5.74) is 2.16. The molecule has 1 heterocycles. The zero-order valence-electron chi connectivity index (χ0n) is 14.5. The number of piperazine rings is 1. The lowest BCUT2D eigenvalue weighted by Crippen LogP contribution is -2.49. The van der Waals surface area contributed by atoms with Crippen molar-refractivity contribution < 1.29 is 13.2 Å². The van der Waals surface area contributed by atoms with Gasteiger partial charge in [0.2, 0.25) is 10.0 Å². The molecule has 0 atom stereocenters. The van der Waals surface area contributed by atoms with Crippen molar-refractivity contribution in [3.63, 3.8) is 0 Å². The molecule has 6 heteroatoms. The highest BCUT2D eigenvalue weighted by Gasteiger charge is 2.26. The van der Waals surface area contributed by atoms with E-state index in [1.54, 1.807) is 11.4 Å². The van der Waals surface area contributed by atoms with Gasteiger partial charge in [-0.3, -0.25) is 0 Å². The van der Waals surface area contributed by atoms with E-state index in [4.69, 9.17) is 4.74 Å². The molecule has 0 aliphatic carbocycles. The molecule has 3 rings (SSSR count). The maximum atomic E-state index is 12.6. The van der Waals surface area contributed by atoms with E-state index in [9.17, 15) is 8.42 Å². The highest BCUT2D eigenvalue weighted by molar-refractivity contribution is 7.89. The van der Waals surface area contributed by atoms with E-state index in [0.29, 0.717) is 32.6 Å². The fourth-order valence-corrected chi connectivity index (χ4v) is 4.51. The molecular formula is C19H24N2O3S. The molecule has 0 bridgehead atoms. The Morgan fingerprint density at radius 1 is 0.920 bits per heavy atom. The number of rotatable bonds is 6. The van der Waals surface area contributed by atoms with Crippen molar-refractivity contribution in [3.05, 3.63) is 60.2 Å². The van der Waals surface area contributed by atoms with Crippen LogP contribution < -0.4 is 9.64 Å². The maximum Gasteiger partial charge on any atom is 0.214 e. The molecule has 134 valence electrons. The van der Waals surface area contributed by atoms with E-state index in [2.05, 4.69) is 4.90 Å². The Bertz CT molecular complexity index is 768. The van der Waals surface area contributed by atoms with Gasteiger partial charge in [0.15, 0.2) is 0 Å². The molecule has 0 unspecified atom stereocenters. The van der Waals surface area contributed by atoms with Gasteiger partial charge in [0.05, 0.1) is 12.9 Å². The molecule has 25 heavy (non-hydrogen) atoms. The van der Waals surface area contributed by atoms with Crippen molar-refractivity contribution in [2.45, 2.75) is 6.42 Å². The summed E-state index contributed by atoms with van der Waals surface area (Å²) in [6, 6.07) is 17.6. The van der Waals surface area contributed by atoms with Gasteiger partial charge in [-0.1, -0.05) is 30.3 Å². The minimum Gasteiger partial charge on any atom is -0.497 e. The van der Waals surface area contributed by atoms with Gasteiger partial charge in [0.25, 0.3) is 0 Å². The van der Waals surface area contributed by atoms with Gasteiger partial charge in [0.1, 0.15) is 5.75 Å². The molecule has 0 aromatic heterocycles. The number of methoxy groups -OCH3 is 1. The molecule has 1 fully saturated rings. The molecule has 1 saturated heterocycles. The van der Waals surface area contributed by atoms with Crippen molar-refractivity contribution in [1.29, 1.82) is 0 Å². The Morgan fingerprint density at radius 2 is 1.56 bits per heavy atom. The molecule has 2 aromatic carbocycles. The molecule has 0 saturated carbocycles. The molecule has 1 aliphatic heterocycles. The summed E-state index contributed by atoms with van der Waals surface area (Å²) >= 11 is 0. The summed E-state index contributed by atoms with van der Waals surface area (Å²) in [6.45, 7) is 2.47. The van der Waals surface area contributed by atoms with Crippen LogP contribution in [0.4, 0.5) is 5.69 Å². The fraction of sp³-hybridized carbons (Fsp3) is 0.368. The molecule has 0 N–H and O–H groups in total. The maximum absolute atomic E-state index is 12.6. The second-order valence-corrected chi connectivity index (χ2v) is 8.22. The summed E-state index contributed by atoms with van der Waals surface area (Å²) in [5, 5.41) is 0. The molecule has 0 amide bonds. The first-order chi connectivity index (χ1) is 12.1. The van der Waals surface area contributed by atoms with Crippen molar-refractivity contribution in [2.24, 2.45) is 0 Å². The van der Waals surface area contributed by atoms with E-state index in [1.165, 1.54) is 0 Å². The van der Waals surface area contributed by atoms with Crippen LogP contribution in [-0.2, 0) is 16.4 Å². The second kappa shape index (κ2) is 7.89. The minimum atomic E-state index is -3.21. The van der Waals surface area contributed by atoms with Gasteiger partial charge in [-0.05, 0) is 36.2 Å². The third-order valence-corrected chi connectivity index (χ3v) is 6.43. The molecule has 5 nitrogen and oxygen atoms in total. The van der Waals surface area contributed by atoms with Gasteiger partial charge in [-0.25, -0.2) is 8.42 Å². The largest absolute Gasteiger partial charge is 0.497 e. The fourth-order valence-electron chi connectivity index (χ4n) is 3.04. The number of benzene rings is 2. The Kier molecular flexibility index (Phi) is 5.60. The van der Waals surface area contributed by atoms with Crippen molar-refractivity contribution in [1.82, 2.24) is 4.31 Å². The van der Waals surface area contributed by atoms with Crippen LogP contribution in [0.3, 0.4) is 0 Å². The Balaban J connectivity index is 1.55. The first kappa shape index (κ1) is 17.8. The van der Waals surface area contributed by atoms with Crippen molar-refractivity contribution in [3.8, 4) is 5.75 Å². The van der Waals surface area contributed by atoms with E-state index in [1.807, 2.05) is 54.6 Å². The van der Waals surface area contributed by atoms with Crippen LogP contribution >= 0.6 is 0 Å². The topological polar surface area (TPSA) is 49.9 Å². The smallest absolute Gasteiger partial charge is 0.214 e. The van der Waals surface area contributed by atoms with Gasteiger partial charge in [0, 0.05) is 31.9 Å². The normalized spacial score (nSPS) is 16.0. The van der Waals surface area contributed by atoms with Crippen molar-refractivity contribution in [2.75, 3.05) is 43.9 Å². The zero-order valence-corrected chi connectivity index (χ0v) is 15.3. The molecule has 0 radical (unpaired) electrons. The predicted molar refractivity (Wildman–Crippen MR) is 101 cm³/mol. The number of aryl methyl sites for hydroxylation is 1. The predicted octanol–water partition coefficient (Wildman–Crippen LogP) is 2.39. The molecule has 0 spiro atoms. The monoisotopic (exact) mass is 360 g/mol. The van der Waals surface area contributed by atoms with E-state index in [0.717, 1.165) is 17.0 Å². The highest BCUT2D eigenvalue weighted by Crippen LogP contribution is 2.21. The average Bonchev–Trinajstić information content (AvgIpc) is 2.67. The Labute approximate surface area is 149 Å². The third kappa shape index (κ3) is 4.52. The summed E-state index contributed by atoms with van der Waals surface area (Å²) in [7, 11) is -1.56. The van der Waals surface area contributed by atoms with Crippen molar-refractivity contribution >= 4 is 15.7 Å². The number of anilines is 1. The second-order valence-electron chi connectivity index (χ2n) is 6.14. The number of sulfonamides is 1. The Morgan fingerprint density at radius 3 is 2.16 bits per heavy atom. The minimum absolute atomic E-state index is 0.166. The lowest BCUT2D eigenvalue weighted by molar-refractivity contribution is 0.384. The lowest BCUT2D eigenvalue weighted by Gasteiger charge is -2.35. The molecule has 1 aliphatic rings. The number of nitrogens with zero attached hydrogens (tertiary/aromatic N) is 2. The van der Waals surface area contributed by atoms with Crippen LogP contribution in [0.2, 0.25) is 0 Å². The first-order valence-electron chi connectivity index (χ1n) is 8.49. The van der Waals surface area contributed by atoms with Crippen LogP contribution in [0.5, 0.6) is 5.75 Å². The summed E-state index contributed by atoms with van der Waals surface area (Å²) in [6.07, 6.45) is 0.557. The molecule has 2 aromatic rings. The lowest BCUT2D eigenvalue weighted by atomic mass is 10.2. The Hall–Kier alpha value is -2.05. The zero-order chi connectivity index (χ0) is 17.7. The van der Waals surface area contributed by atoms with Gasteiger partial charge in [-0.2, -0.15) is 4.31 Å². The summed E-state index contributed by atoms with van der Waals surface area (Å²) in [5.74, 6) is 0.991. The van der Waals surface area contributed by atoms with Gasteiger partial charge < -0.3 is 9.64 Å². The summed E-state index contributed by atoms with van der Waals surface area (Å²) in [4.78, 5) is 2.21. The van der Waals surface area contributed by atoms with E-state index >= 15 is 0 Å². The molecular weight excluding hydrogens is 336 g/mol. The average molecular weight is 360 g/mol. The van der Waals surface area contributed by atoms with Crippen LogP contribution in [0.25, 0.3) is 0 Å². The van der Waals surface area contributed by atoms with Gasteiger partial charge in [-0.15, -0.1) is 0 Å². The van der Waals surface area contributed by atoms with Gasteiger partial charge >= 0.3 is 0 Å². The van der Waals surface area contributed by atoms with E-state index < -0.39 is 10.0 Å². The van der Waals surface area contributed by atoms with Crippen LogP contribution in [0, 0.1) is 0 Å². The highest BCUT2D eigenvalue weighted by atomic mass is 32.2. The quantitative estimate of drug-likeness (QED) is 0.794. The third-order valence-electron chi connectivity index (χ3n) is 4.56. The SMILES string of the molecule is COc1ccc(N2CCN(S(=O)(=O)CCc3ccccc3)CC2)cc1. The summed E-state index contributed by atoms with van der Waals surface area (Å²) < 4.78 is 31.9. The number of hydrogen-bond acceptors (Lipinski definition) is 4. The standard InChI is InChI=1S/C19H24N2O3S/c1-24-19-9-7-18(8-10-19)20-12-14-21(15-13-20)25(22,23)16-11-17-5-3-2-4-6-17/h2-10H,11-16H2,1H3. The number of ether oxygens (including phenoxy) is 1. The first-order valence-corrected chi connectivity index (χ1v) is 10.1. The van der Waals surface area contributed by atoms with E-state index in [-0.39, 0.29) is 5.75 Å². The van der Waals surface area contributed by atoms with Crippen LogP contribution in [-0.4, -0.2) is 51.8 Å². The number of hydrogen-bond donors (Lipinski definition) is 0. The van der Waals surface area contributed by atoms with Crippen LogP contribution in [0.15, 0.2) is 54.6 Å². The van der Waals surface area contributed by atoms with Crippen LogP contribution in [0.1, 0.15) is 5.56 Å².